The van der Waals surface area contributed by atoms with Gasteiger partial charge >= 0.3 is 6.09 Å². The molecule has 1 fully saturated rings. The molecule has 0 spiro atoms. The monoisotopic (exact) mass is 387 g/mol. The molecule has 5 heteroatoms. The number of carbonyl (C=O) groups is 1. The van der Waals surface area contributed by atoms with E-state index < -0.39 is 5.60 Å². The summed E-state index contributed by atoms with van der Waals surface area (Å²) in [5.74, 6) is 0. The molecule has 2 atom stereocenters. The Bertz CT molecular complexity index is 1080. The Morgan fingerprint density at radius 2 is 2.03 bits per heavy atom. The molecule has 5 nitrogen and oxygen atoms in total. The van der Waals surface area contributed by atoms with E-state index >= 15 is 0 Å². The van der Waals surface area contributed by atoms with Gasteiger partial charge in [0, 0.05) is 18.4 Å². The molecule has 3 aromatic rings. The van der Waals surface area contributed by atoms with E-state index in [0.717, 1.165) is 41.4 Å². The lowest BCUT2D eigenvalue weighted by molar-refractivity contribution is 0.0668. The number of rotatable bonds is 3. The van der Waals surface area contributed by atoms with E-state index in [9.17, 15) is 4.79 Å². The van der Waals surface area contributed by atoms with Gasteiger partial charge in [-0.25, -0.2) is 4.79 Å². The number of hydrogen-bond acceptors (Lipinski definition) is 3. The zero-order chi connectivity index (χ0) is 20.0. The van der Waals surface area contributed by atoms with Crippen LogP contribution in [0.4, 0.5) is 4.79 Å². The van der Waals surface area contributed by atoms with Crippen LogP contribution in [0.1, 0.15) is 50.3 Å². The molecular weight excluding hydrogens is 362 g/mol. The zero-order valence-corrected chi connectivity index (χ0v) is 16.8. The highest BCUT2D eigenvalue weighted by molar-refractivity contribution is 5.80. The third-order valence-electron chi connectivity index (χ3n) is 6.16. The average molecular weight is 387 g/mol. The molecule has 1 aliphatic carbocycles. The fourth-order valence-electron chi connectivity index (χ4n) is 4.78. The number of ether oxygens (including phenoxy) is 1. The molecule has 3 heterocycles. The molecule has 1 amide bonds. The predicted molar refractivity (Wildman–Crippen MR) is 113 cm³/mol. The number of fused-ring (bicyclic) bond motifs is 1. The molecule has 5 rings (SSSR count). The number of nitrogens with zero attached hydrogens (tertiary/aromatic N) is 2. The number of H-pyrrole nitrogens is 1. The Kier molecular flexibility index (Phi) is 4.19. The van der Waals surface area contributed by atoms with Gasteiger partial charge in [-0.3, -0.25) is 9.88 Å². The number of pyridine rings is 1. The van der Waals surface area contributed by atoms with Crippen molar-refractivity contribution < 1.29 is 9.53 Å². The van der Waals surface area contributed by atoms with E-state index in [2.05, 4.69) is 34.2 Å². The summed E-state index contributed by atoms with van der Waals surface area (Å²) in [7, 11) is 0. The van der Waals surface area contributed by atoms with E-state index in [4.69, 9.17) is 4.74 Å². The smallest absolute Gasteiger partial charge is 0.411 e. The van der Waals surface area contributed by atoms with Crippen LogP contribution < -0.4 is 0 Å². The first kappa shape index (κ1) is 18.0. The van der Waals surface area contributed by atoms with Crippen LogP contribution in [-0.2, 0) is 4.74 Å². The number of aromatic nitrogens is 2. The molecule has 0 saturated carbocycles. The number of amides is 1. The van der Waals surface area contributed by atoms with E-state index in [-0.39, 0.29) is 18.2 Å². The second-order valence-electron chi connectivity index (χ2n) is 8.48. The molecule has 0 bridgehead atoms. The quantitative estimate of drug-likeness (QED) is 0.648. The minimum absolute atomic E-state index is 0.0758. The molecule has 1 saturated heterocycles. The van der Waals surface area contributed by atoms with Crippen LogP contribution in [0.3, 0.4) is 0 Å². The second kappa shape index (κ2) is 6.76. The fourth-order valence-corrected chi connectivity index (χ4v) is 4.78. The van der Waals surface area contributed by atoms with Gasteiger partial charge in [0.2, 0.25) is 0 Å². The summed E-state index contributed by atoms with van der Waals surface area (Å²) < 4.78 is 5.78. The minimum atomic E-state index is -0.551. The highest BCUT2D eigenvalue weighted by atomic mass is 16.6. The molecule has 2 aliphatic rings. The van der Waals surface area contributed by atoms with Crippen molar-refractivity contribution in [2.45, 2.75) is 50.8 Å². The molecule has 0 radical (unpaired) electrons. The van der Waals surface area contributed by atoms with Crippen LogP contribution in [0, 0.1) is 0 Å². The largest absolute Gasteiger partial charge is 0.441 e. The van der Waals surface area contributed by atoms with E-state index in [1.807, 2.05) is 55.4 Å². The number of nitrogens with one attached hydrogen (secondary N) is 1. The third kappa shape index (κ3) is 3.11. The van der Waals surface area contributed by atoms with Gasteiger partial charge in [-0.1, -0.05) is 36.4 Å². The summed E-state index contributed by atoms with van der Waals surface area (Å²) in [6.45, 7) is 4.01. The lowest BCUT2D eigenvalue weighted by Crippen LogP contribution is -2.41. The predicted octanol–water partition coefficient (Wildman–Crippen LogP) is 5.47. The SMILES string of the molecule is CC1(C)OC(=O)N([C@H]2CC=C(c3cnc4cc[nH]c4c3)CC2)C1c1ccccc1. The highest BCUT2D eigenvalue weighted by Gasteiger charge is 2.50. The fraction of sp³-hybridized carbons (Fsp3) is 0.333. The Morgan fingerprint density at radius 3 is 2.79 bits per heavy atom. The molecule has 148 valence electrons. The van der Waals surface area contributed by atoms with Crippen LogP contribution in [0.5, 0.6) is 0 Å². The Balaban J connectivity index is 1.42. The highest BCUT2D eigenvalue weighted by Crippen LogP contribution is 2.44. The van der Waals surface area contributed by atoms with Crippen molar-refractivity contribution in [1.82, 2.24) is 14.9 Å². The standard InChI is InChI=1S/C24H25N3O2/c1-24(2)22(17-6-4-3-5-7-17)27(23(28)29-24)19-10-8-16(9-11-19)18-14-21-20(26-15-18)12-13-25-21/h3-8,12-15,19,22,25H,9-11H2,1-2H3/t19-,22?/m0/s1. The molecule has 1 aromatic carbocycles. The first-order valence-electron chi connectivity index (χ1n) is 10.2. The van der Waals surface area contributed by atoms with Crippen molar-refractivity contribution in [1.29, 1.82) is 0 Å². The number of allylic oxidation sites excluding steroid dienone is 1. The average Bonchev–Trinajstić information content (AvgIpc) is 3.29. The molecular formula is C24H25N3O2. The number of aromatic amines is 1. The van der Waals surface area contributed by atoms with Crippen LogP contribution in [0.2, 0.25) is 0 Å². The van der Waals surface area contributed by atoms with E-state index in [1.54, 1.807) is 0 Å². The summed E-state index contributed by atoms with van der Waals surface area (Å²) in [6, 6.07) is 14.4. The first-order chi connectivity index (χ1) is 14.0. The Morgan fingerprint density at radius 1 is 1.21 bits per heavy atom. The van der Waals surface area contributed by atoms with Gasteiger partial charge < -0.3 is 9.72 Å². The maximum absolute atomic E-state index is 12.8. The first-order valence-corrected chi connectivity index (χ1v) is 10.2. The number of cyclic esters (lactones) is 1. The lowest BCUT2D eigenvalue weighted by Gasteiger charge is -2.36. The number of carbonyl (C=O) groups excluding carboxylic acids is 1. The number of benzene rings is 1. The maximum Gasteiger partial charge on any atom is 0.411 e. The zero-order valence-electron chi connectivity index (χ0n) is 16.8. The normalized spacial score (nSPS) is 23.9. The number of hydrogen-bond donors (Lipinski definition) is 1. The Labute approximate surface area is 170 Å². The maximum atomic E-state index is 12.8. The van der Waals surface area contributed by atoms with Crippen molar-refractivity contribution in [2.75, 3.05) is 0 Å². The van der Waals surface area contributed by atoms with Gasteiger partial charge in [-0.2, -0.15) is 0 Å². The van der Waals surface area contributed by atoms with Crippen LogP contribution in [0.25, 0.3) is 16.6 Å². The summed E-state index contributed by atoms with van der Waals surface area (Å²) in [5.41, 5.74) is 5.07. The molecule has 1 unspecified atom stereocenters. The molecule has 29 heavy (non-hydrogen) atoms. The van der Waals surface area contributed by atoms with Crippen LogP contribution in [-0.4, -0.2) is 32.6 Å². The van der Waals surface area contributed by atoms with Crippen molar-refractivity contribution in [3.8, 4) is 0 Å². The lowest BCUT2D eigenvalue weighted by atomic mass is 9.86. The van der Waals surface area contributed by atoms with Crippen molar-refractivity contribution in [2.24, 2.45) is 0 Å². The summed E-state index contributed by atoms with van der Waals surface area (Å²) in [6.07, 6.45) is 8.58. The van der Waals surface area contributed by atoms with E-state index in [1.165, 1.54) is 5.57 Å². The van der Waals surface area contributed by atoms with Crippen molar-refractivity contribution in [3.05, 3.63) is 72.1 Å². The van der Waals surface area contributed by atoms with Gasteiger partial charge in [-0.05, 0) is 61.9 Å². The Hall–Kier alpha value is -3.08. The van der Waals surface area contributed by atoms with Gasteiger partial charge in [0.1, 0.15) is 5.60 Å². The van der Waals surface area contributed by atoms with Gasteiger partial charge in [-0.15, -0.1) is 0 Å². The summed E-state index contributed by atoms with van der Waals surface area (Å²) in [4.78, 5) is 22.5. The molecule has 1 N–H and O–H groups in total. The van der Waals surface area contributed by atoms with Gasteiger partial charge in [0.25, 0.3) is 0 Å². The minimum Gasteiger partial charge on any atom is -0.441 e. The molecule has 2 aromatic heterocycles. The van der Waals surface area contributed by atoms with Crippen molar-refractivity contribution in [3.63, 3.8) is 0 Å². The topological polar surface area (TPSA) is 58.2 Å². The van der Waals surface area contributed by atoms with Gasteiger partial charge in [0.05, 0.1) is 17.1 Å². The summed E-state index contributed by atoms with van der Waals surface area (Å²) >= 11 is 0. The second-order valence-corrected chi connectivity index (χ2v) is 8.48. The van der Waals surface area contributed by atoms with E-state index in [0.29, 0.717) is 0 Å². The molecule has 1 aliphatic heterocycles. The van der Waals surface area contributed by atoms with Crippen molar-refractivity contribution >= 4 is 22.7 Å². The van der Waals surface area contributed by atoms with Crippen LogP contribution >= 0.6 is 0 Å². The van der Waals surface area contributed by atoms with Gasteiger partial charge in [0.15, 0.2) is 0 Å². The third-order valence-corrected chi connectivity index (χ3v) is 6.16. The van der Waals surface area contributed by atoms with Crippen LogP contribution in [0.15, 0.2) is 60.9 Å². The summed E-state index contributed by atoms with van der Waals surface area (Å²) in [5, 5.41) is 0.